The Morgan fingerprint density at radius 2 is 2.00 bits per heavy atom. The van der Waals surface area contributed by atoms with Crippen molar-refractivity contribution in [1.82, 2.24) is 9.88 Å². The van der Waals surface area contributed by atoms with Gasteiger partial charge in [-0.25, -0.2) is 0 Å². The highest BCUT2D eigenvalue weighted by atomic mass is 79.9. The van der Waals surface area contributed by atoms with Crippen LogP contribution in [0.15, 0.2) is 24.5 Å². The lowest BCUT2D eigenvalue weighted by molar-refractivity contribution is 0.454. The fraction of sp³-hybridized carbons (Fsp3) is 0.333. The van der Waals surface area contributed by atoms with Gasteiger partial charge in [-0.15, -0.1) is 34.0 Å². The van der Waals surface area contributed by atoms with Gasteiger partial charge >= 0.3 is 0 Å². The number of rotatable bonds is 2. The number of thioether (sulfide) groups is 1. The number of hydrogen-bond donors (Lipinski definition) is 1. The highest BCUT2D eigenvalue weighted by molar-refractivity contribution is 8.93. The van der Waals surface area contributed by atoms with Gasteiger partial charge in [-0.05, 0) is 17.7 Å². The summed E-state index contributed by atoms with van der Waals surface area (Å²) in [6, 6.07) is 3.99. The molecule has 1 aliphatic heterocycles. The number of amidine groups is 1. The van der Waals surface area contributed by atoms with E-state index >= 15 is 0 Å². The summed E-state index contributed by atoms with van der Waals surface area (Å²) in [5.41, 5.74) is 1.22. The Morgan fingerprint density at radius 1 is 1.33 bits per heavy atom. The Bertz CT molecular complexity index is 307. The summed E-state index contributed by atoms with van der Waals surface area (Å²) in [7, 11) is 0. The van der Waals surface area contributed by atoms with Gasteiger partial charge in [0.2, 0.25) is 0 Å². The number of hydrogen-bond acceptors (Lipinski definition) is 3. The van der Waals surface area contributed by atoms with Gasteiger partial charge in [0, 0.05) is 31.2 Å². The Kier molecular flexibility index (Phi) is 7.21. The zero-order valence-electron chi connectivity index (χ0n) is 8.05. The van der Waals surface area contributed by atoms with Gasteiger partial charge in [0.05, 0.1) is 0 Å². The number of halogens is 2. The van der Waals surface area contributed by atoms with Crippen LogP contribution in [0, 0.1) is 5.41 Å². The predicted octanol–water partition coefficient (Wildman–Crippen LogP) is 2.72. The van der Waals surface area contributed by atoms with Crippen molar-refractivity contribution in [3.63, 3.8) is 0 Å². The number of aromatic nitrogens is 1. The van der Waals surface area contributed by atoms with Crippen LogP contribution >= 0.6 is 45.7 Å². The van der Waals surface area contributed by atoms with Crippen molar-refractivity contribution in [2.24, 2.45) is 0 Å². The fourth-order valence-electron chi connectivity index (χ4n) is 1.30. The van der Waals surface area contributed by atoms with Crippen LogP contribution in [0.3, 0.4) is 0 Å². The second-order valence-corrected chi connectivity index (χ2v) is 4.01. The molecule has 1 aliphatic rings. The minimum absolute atomic E-state index is 0. The van der Waals surface area contributed by atoms with Gasteiger partial charge in [0.1, 0.15) is 0 Å². The van der Waals surface area contributed by atoms with Gasteiger partial charge in [0.15, 0.2) is 5.17 Å². The molecule has 0 aromatic carbocycles. The molecule has 6 heteroatoms. The van der Waals surface area contributed by atoms with E-state index in [-0.39, 0.29) is 34.0 Å². The molecule has 2 heterocycles. The van der Waals surface area contributed by atoms with E-state index in [4.69, 9.17) is 5.41 Å². The summed E-state index contributed by atoms with van der Waals surface area (Å²) in [4.78, 5) is 6.04. The maximum Gasteiger partial charge on any atom is 0.156 e. The van der Waals surface area contributed by atoms with Crippen LogP contribution in [-0.2, 0) is 6.54 Å². The van der Waals surface area contributed by atoms with E-state index in [9.17, 15) is 0 Å². The molecular formula is C9H13Br2N3S. The highest BCUT2D eigenvalue weighted by Crippen LogP contribution is 2.18. The molecule has 84 valence electrons. The summed E-state index contributed by atoms with van der Waals surface area (Å²) in [6.45, 7) is 1.83. The normalized spacial score (nSPS) is 14.4. The average molecular weight is 355 g/mol. The zero-order valence-corrected chi connectivity index (χ0v) is 12.3. The Balaban J connectivity index is 0.000000980. The van der Waals surface area contributed by atoms with Crippen LogP contribution in [-0.4, -0.2) is 27.3 Å². The van der Waals surface area contributed by atoms with E-state index < -0.39 is 0 Å². The molecule has 1 saturated heterocycles. The van der Waals surface area contributed by atoms with E-state index in [1.165, 1.54) is 5.56 Å². The van der Waals surface area contributed by atoms with Crippen LogP contribution in [0.25, 0.3) is 0 Å². The number of nitrogens with zero attached hydrogens (tertiary/aromatic N) is 2. The average Bonchev–Trinajstić information content (AvgIpc) is 2.54. The number of pyridine rings is 1. The molecule has 0 unspecified atom stereocenters. The van der Waals surface area contributed by atoms with Crippen molar-refractivity contribution in [2.75, 3.05) is 12.3 Å². The SMILES string of the molecule is Br.Br.N=C1SCCN1Cc1ccncc1. The third-order valence-electron chi connectivity index (χ3n) is 2.01. The second kappa shape index (κ2) is 7.24. The van der Waals surface area contributed by atoms with Crippen LogP contribution in [0.4, 0.5) is 0 Å². The summed E-state index contributed by atoms with van der Waals surface area (Å²) in [5, 5.41) is 8.32. The lowest BCUT2D eigenvalue weighted by Gasteiger charge is -2.15. The van der Waals surface area contributed by atoms with Gasteiger partial charge in [-0.1, -0.05) is 11.8 Å². The molecule has 0 spiro atoms. The topological polar surface area (TPSA) is 40.0 Å². The first-order valence-corrected chi connectivity index (χ1v) is 5.20. The molecule has 1 aromatic rings. The standard InChI is InChI=1S/C9H11N3S.2BrH/c10-9-12(5-6-13-9)7-8-1-3-11-4-2-8;;/h1-4,10H,5-7H2;2*1H. The summed E-state index contributed by atoms with van der Waals surface area (Å²) < 4.78 is 0. The van der Waals surface area contributed by atoms with Crippen molar-refractivity contribution in [1.29, 1.82) is 5.41 Å². The van der Waals surface area contributed by atoms with E-state index in [2.05, 4.69) is 9.88 Å². The van der Waals surface area contributed by atoms with Crippen LogP contribution in [0.2, 0.25) is 0 Å². The molecule has 0 atom stereocenters. The minimum atomic E-state index is 0. The first-order valence-electron chi connectivity index (χ1n) is 4.21. The molecule has 3 nitrogen and oxygen atoms in total. The van der Waals surface area contributed by atoms with Crippen molar-refractivity contribution >= 4 is 50.9 Å². The maximum atomic E-state index is 7.63. The first kappa shape index (κ1) is 14.9. The third kappa shape index (κ3) is 4.12. The lowest BCUT2D eigenvalue weighted by Crippen LogP contribution is -2.22. The molecule has 0 amide bonds. The van der Waals surface area contributed by atoms with E-state index in [0.29, 0.717) is 5.17 Å². The van der Waals surface area contributed by atoms with Crippen molar-refractivity contribution in [3.8, 4) is 0 Å². The first-order chi connectivity index (χ1) is 6.36. The maximum absolute atomic E-state index is 7.63. The molecule has 0 aliphatic carbocycles. The Hall–Kier alpha value is -0.0700. The van der Waals surface area contributed by atoms with Crippen molar-refractivity contribution in [2.45, 2.75) is 6.54 Å². The van der Waals surface area contributed by atoms with Crippen molar-refractivity contribution in [3.05, 3.63) is 30.1 Å². The van der Waals surface area contributed by atoms with Gasteiger partial charge in [-0.3, -0.25) is 10.4 Å². The van der Waals surface area contributed by atoms with E-state index in [1.54, 1.807) is 24.2 Å². The van der Waals surface area contributed by atoms with E-state index in [1.807, 2.05) is 12.1 Å². The van der Waals surface area contributed by atoms with Gasteiger partial charge in [-0.2, -0.15) is 0 Å². The molecular weight excluding hydrogens is 342 g/mol. The van der Waals surface area contributed by atoms with Crippen molar-refractivity contribution < 1.29 is 0 Å². The molecule has 0 saturated carbocycles. The fourth-order valence-corrected chi connectivity index (χ4v) is 2.15. The van der Waals surface area contributed by atoms with Crippen LogP contribution in [0.5, 0.6) is 0 Å². The summed E-state index contributed by atoms with van der Waals surface area (Å²) in [5.74, 6) is 1.05. The quantitative estimate of drug-likeness (QED) is 0.887. The molecule has 1 aromatic heterocycles. The van der Waals surface area contributed by atoms with Crippen LogP contribution < -0.4 is 0 Å². The molecule has 0 radical (unpaired) electrons. The smallest absolute Gasteiger partial charge is 0.156 e. The Morgan fingerprint density at radius 3 is 2.53 bits per heavy atom. The summed E-state index contributed by atoms with van der Waals surface area (Å²) >= 11 is 1.62. The molecule has 0 bridgehead atoms. The monoisotopic (exact) mass is 353 g/mol. The van der Waals surface area contributed by atoms with Gasteiger partial charge in [0.25, 0.3) is 0 Å². The molecule has 1 fully saturated rings. The summed E-state index contributed by atoms with van der Waals surface area (Å²) in [6.07, 6.45) is 3.59. The number of nitrogens with one attached hydrogen (secondary N) is 1. The molecule has 2 rings (SSSR count). The third-order valence-corrected chi connectivity index (χ3v) is 2.93. The van der Waals surface area contributed by atoms with Crippen LogP contribution in [0.1, 0.15) is 5.56 Å². The molecule has 1 N–H and O–H groups in total. The second-order valence-electron chi connectivity index (χ2n) is 2.93. The van der Waals surface area contributed by atoms with E-state index in [0.717, 1.165) is 18.8 Å². The zero-order chi connectivity index (χ0) is 9.10. The predicted molar refractivity (Wildman–Crippen MR) is 75.5 cm³/mol. The Labute approximate surface area is 115 Å². The molecule has 15 heavy (non-hydrogen) atoms. The largest absolute Gasteiger partial charge is 0.346 e. The minimum Gasteiger partial charge on any atom is -0.346 e. The lowest BCUT2D eigenvalue weighted by atomic mass is 10.2. The highest BCUT2D eigenvalue weighted by Gasteiger charge is 2.17. The van der Waals surface area contributed by atoms with Gasteiger partial charge < -0.3 is 4.90 Å².